The Morgan fingerprint density at radius 1 is 1.40 bits per heavy atom. The van der Waals surface area contributed by atoms with Crippen molar-refractivity contribution in [1.29, 1.82) is 0 Å². The van der Waals surface area contributed by atoms with Crippen molar-refractivity contribution in [3.8, 4) is 0 Å². The molecule has 1 aliphatic carbocycles. The predicted molar refractivity (Wildman–Crippen MR) is 93.4 cm³/mol. The van der Waals surface area contributed by atoms with Gasteiger partial charge in [-0.1, -0.05) is 24.4 Å². The highest BCUT2D eigenvalue weighted by Gasteiger charge is 2.42. The molecule has 2 heterocycles. The van der Waals surface area contributed by atoms with E-state index < -0.39 is 11.4 Å². The number of aliphatic carboxylic acids is 1. The molecule has 0 aromatic carbocycles. The summed E-state index contributed by atoms with van der Waals surface area (Å²) in [6, 6.07) is 2.09. The molecule has 1 N–H and O–H groups in total. The van der Waals surface area contributed by atoms with Crippen molar-refractivity contribution in [2.45, 2.75) is 63.8 Å². The van der Waals surface area contributed by atoms with Crippen molar-refractivity contribution in [2.24, 2.45) is 5.41 Å². The van der Waals surface area contributed by atoms with Crippen molar-refractivity contribution in [3.05, 3.63) is 17.5 Å². The molecule has 0 spiro atoms. The van der Waals surface area contributed by atoms with E-state index in [-0.39, 0.29) is 0 Å². The zero-order valence-electron chi connectivity index (χ0n) is 15.2. The molecule has 2 fully saturated rings. The maximum atomic E-state index is 11.9. The number of carboxylic acid groups (broad SMARTS) is 1. The second-order valence-electron chi connectivity index (χ2n) is 7.70. The summed E-state index contributed by atoms with van der Waals surface area (Å²) in [6.07, 6.45) is 8.45. The summed E-state index contributed by atoms with van der Waals surface area (Å²) in [5, 5.41) is 14.0. The Balaban J connectivity index is 1.62. The molecule has 6 nitrogen and oxygen atoms in total. The highest BCUT2D eigenvalue weighted by molar-refractivity contribution is 5.75. The second-order valence-corrected chi connectivity index (χ2v) is 7.70. The zero-order valence-corrected chi connectivity index (χ0v) is 15.2. The maximum Gasteiger partial charge on any atom is 0.311 e. The molecule has 0 unspecified atom stereocenters. The summed E-state index contributed by atoms with van der Waals surface area (Å²) in [7, 11) is 1.62. The van der Waals surface area contributed by atoms with Gasteiger partial charge in [-0.2, -0.15) is 0 Å². The molecule has 6 heteroatoms. The summed E-state index contributed by atoms with van der Waals surface area (Å²) < 4.78 is 10.7. The minimum absolute atomic E-state index is 0.480. The van der Waals surface area contributed by atoms with Crippen LogP contribution in [0, 0.1) is 5.41 Å². The lowest BCUT2D eigenvalue weighted by Gasteiger charge is -2.39. The van der Waals surface area contributed by atoms with Crippen LogP contribution in [0.1, 0.15) is 68.7 Å². The molecule has 1 saturated heterocycles. The average molecular weight is 350 g/mol. The van der Waals surface area contributed by atoms with E-state index in [0.29, 0.717) is 38.5 Å². The van der Waals surface area contributed by atoms with E-state index in [1.807, 2.05) is 0 Å². The third-order valence-electron chi connectivity index (χ3n) is 5.87. The van der Waals surface area contributed by atoms with Gasteiger partial charge in [-0.25, -0.2) is 0 Å². The quantitative estimate of drug-likeness (QED) is 0.812. The molecule has 0 amide bonds. The Morgan fingerprint density at radius 3 is 2.92 bits per heavy atom. The second kappa shape index (κ2) is 8.32. The van der Waals surface area contributed by atoms with Crippen LogP contribution in [0.5, 0.6) is 0 Å². The van der Waals surface area contributed by atoms with Crippen LogP contribution in [0.15, 0.2) is 10.6 Å². The molecular formula is C19H30N2O4. The molecule has 2 aliphatic rings. The molecule has 1 aromatic rings. The first-order valence-electron chi connectivity index (χ1n) is 9.53. The smallest absolute Gasteiger partial charge is 0.311 e. The summed E-state index contributed by atoms with van der Waals surface area (Å²) in [5.74, 6) is 0.677. The number of carbonyl (C=O) groups is 1. The van der Waals surface area contributed by atoms with Gasteiger partial charge in [0.1, 0.15) is 0 Å². The lowest BCUT2D eigenvalue weighted by atomic mass is 9.77. The summed E-state index contributed by atoms with van der Waals surface area (Å²) >= 11 is 0. The fourth-order valence-electron chi connectivity index (χ4n) is 4.36. The number of likely N-dealkylation sites (tertiary alicyclic amines) is 1. The first kappa shape index (κ1) is 18.4. The van der Waals surface area contributed by atoms with Gasteiger partial charge in [-0.15, -0.1) is 0 Å². The van der Waals surface area contributed by atoms with Gasteiger partial charge in [0.25, 0.3) is 0 Å². The lowest BCUT2D eigenvalue weighted by molar-refractivity contribution is -0.154. The average Bonchev–Trinajstić information content (AvgIpc) is 3.09. The molecule has 0 radical (unpaired) electrons. The van der Waals surface area contributed by atoms with E-state index in [1.165, 1.54) is 32.1 Å². The lowest BCUT2D eigenvalue weighted by Crippen LogP contribution is -2.48. The predicted octanol–water partition coefficient (Wildman–Crippen LogP) is 3.43. The van der Waals surface area contributed by atoms with Crippen LogP contribution in [0.25, 0.3) is 0 Å². The molecule has 1 aromatic heterocycles. The molecule has 1 aliphatic heterocycles. The first-order valence-corrected chi connectivity index (χ1v) is 9.53. The standard InChI is InChI=1S/C19H30N2O4/c1-24-11-9-19(18(22)23)8-5-10-21(14-19)13-16-12-17(20-25-16)15-6-3-2-4-7-15/h12,15H,2-11,13-14H2,1H3,(H,22,23)/t19-/m0/s1. The fourth-order valence-corrected chi connectivity index (χ4v) is 4.36. The largest absolute Gasteiger partial charge is 0.481 e. The van der Waals surface area contributed by atoms with Gasteiger partial charge in [-0.3, -0.25) is 9.69 Å². The molecule has 1 atom stereocenters. The van der Waals surface area contributed by atoms with E-state index in [2.05, 4.69) is 16.1 Å². The number of ether oxygens (including phenoxy) is 1. The first-order chi connectivity index (χ1) is 12.1. The van der Waals surface area contributed by atoms with Crippen LogP contribution >= 0.6 is 0 Å². The minimum Gasteiger partial charge on any atom is -0.481 e. The van der Waals surface area contributed by atoms with Crippen LogP contribution in [0.3, 0.4) is 0 Å². The molecule has 140 valence electrons. The molecule has 25 heavy (non-hydrogen) atoms. The van der Waals surface area contributed by atoms with Crippen molar-refractivity contribution in [2.75, 3.05) is 26.8 Å². The van der Waals surface area contributed by atoms with Gasteiger partial charge < -0.3 is 14.4 Å². The number of methoxy groups -OCH3 is 1. The Kier molecular flexibility index (Phi) is 6.12. The van der Waals surface area contributed by atoms with Gasteiger partial charge in [0, 0.05) is 32.2 Å². The molecular weight excluding hydrogens is 320 g/mol. The number of carboxylic acids is 1. The maximum absolute atomic E-state index is 11.9. The van der Waals surface area contributed by atoms with Crippen LogP contribution in [-0.4, -0.2) is 47.9 Å². The van der Waals surface area contributed by atoms with Crippen molar-refractivity contribution < 1.29 is 19.2 Å². The number of aromatic nitrogens is 1. The van der Waals surface area contributed by atoms with Crippen molar-refractivity contribution in [1.82, 2.24) is 10.1 Å². The number of rotatable bonds is 7. The van der Waals surface area contributed by atoms with Gasteiger partial charge in [0.2, 0.25) is 0 Å². The fraction of sp³-hybridized carbons (Fsp3) is 0.789. The topological polar surface area (TPSA) is 75.8 Å². The number of nitrogens with zero attached hydrogens (tertiary/aromatic N) is 2. The van der Waals surface area contributed by atoms with Gasteiger partial charge in [0.05, 0.1) is 17.7 Å². The highest BCUT2D eigenvalue weighted by Crippen LogP contribution is 2.35. The Morgan fingerprint density at radius 2 is 2.20 bits per heavy atom. The van der Waals surface area contributed by atoms with E-state index in [9.17, 15) is 9.90 Å². The minimum atomic E-state index is -0.713. The van der Waals surface area contributed by atoms with E-state index in [1.54, 1.807) is 7.11 Å². The van der Waals surface area contributed by atoms with E-state index >= 15 is 0 Å². The van der Waals surface area contributed by atoms with Crippen LogP contribution in [-0.2, 0) is 16.1 Å². The number of piperidine rings is 1. The summed E-state index contributed by atoms with van der Waals surface area (Å²) in [4.78, 5) is 14.1. The van der Waals surface area contributed by atoms with Crippen molar-refractivity contribution in [3.63, 3.8) is 0 Å². The Hall–Kier alpha value is -1.40. The third kappa shape index (κ3) is 4.42. The SMILES string of the molecule is COCC[C@@]1(C(=O)O)CCCN(Cc2cc(C3CCCCC3)no2)C1. The van der Waals surface area contributed by atoms with E-state index in [0.717, 1.165) is 24.4 Å². The van der Waals surface area contributed by atoms with Gasteiger partial charge >= 0.3 is 5.97 Å². The van der Waals surface area contributed by atoms with Crippen LogP contribution in [0.2, 0.25) is 0 Å². The van der Waals surface area contributed by atoms with E-state index in [4.69, 9.17) is 9.26 Å². The zero-order chi connectivity index (χ0) is 17.7. The van der Waals surface area contributed by atoms with Crippen LogP contribution in [0.4, 0.5) is 0 Å². The monoisotopic (exact) mass is 350 g/mol. The Labute approximate surface area is 149 Å². The molecule has 0 bridgehead atoms. The normalized spacial score (nSPS) is 26.0. The van der Waals surface area contributed by atoms with Crippen molar-refractivity contribution >= 4 is 5.97 Å². The summed E-state index contributed by atoms with van der Waals surface area (Å²) in [6.45, 7) is 2.57. The molecule has 1 saturated carbocycles. The van der Waals surface area contributed by atoms with Gasteiger partial charge in [-0.05, 0) is 38.6 Å². The molecule has 3 rings (SSSR count). The summed E-state index contributed by atoms with van der Waals surface area (Å²) in [5.41, 5.74) is 0.371. The van der Waals surface area contributed by atoms with Gasteiger partial charge in [0.15, 0.2) is 5.76 Å². The number of hydrogen-bond donors (Lipinski definition) is 1. The Bertz CT molecular complexity index is 568. The number of hydrogen-bond acceptors (Lipinski definition) is 5. The third-order valence-corrected chi connectivity index (χ3v) is 5.87. The van der Waals surface area contributed by atoms with Crippen LogP contribution < -0.4 is 0 Å². The highest BCUT2D eigenvalue weighted by atomic mass is 16.5.